The maximum absolute atomic E-state index is 13.9. The minimum absolute atomic E-state index is 0.0111. The molecule has 2 fully saturated rings. The van der Waals surface area contributed by atoms with Crippen LogP contribution in [0.2, 0.25) is 25.7 Å². The second kappa shape index (κ2) is 13.5. The normalized spacial score (nSPS) is 22.3. The van der Waals surface area contributed by atoms with E-state index in [9.17, 15) is 9.59 Å². The molecule has 2 aromatic rings. The lowest BCUT2D eigenvalue weighted by Gasteiger charge is -2.34. The van der Waals surface area contributed by atoms with Gasteiger partial charge in [-0.15, -0.1) is 0 Å². The fraction of sp³-hybridized carbons (Fsp3) is 0.688. The van der Waals surface area contributed by atoms with Crippen molar-refractivity contribution in [2.75, 3.05) is 43.3 Å². The number of ether oxygens (including phenoxy) is 2. The van der Waals surface area contributed by atoms with E-state index in [1.165, 1.54) is 5.56 Å². The molecule has 0 radical (unpaired) electrons. The van der Waals surface area contributed by atoms with Crippen molar-refractivity contribution in [1.29, 1.82) is 0 Å². The van der Waals surface area contributed by atoms with Crippen molar-refractivity contribution in [3.8, 4) is 0 Å². The summed E-state index contributed by atoms with van der Waals surface area (Å²) in [5, 5.41) is 10.4. The van der Waals surface area contributed by atoms with Crippen molar-refractivity contribution in [3.05, 3.63) is 35.8 Å². The molecule has 3 aliphatic rings. The largest absolute Gasteiger partial charge is 0.381 e. The maximum Gasteiger partial charge on any atom is 0.270 e. The summed E-state index contributed by atoms with van der Waals surface area (Å²) in [5.41, 5.74) is 2.73. The van der Waals surface area contributed by atoms with Crippen molar-refractivity contribution in [1.82, 2.24) is 20.1 Å². The molecule has 11 heteroatoms. The fourth-order valence-corrected chi connectivity index (χ4v) is 7.55. The Morgan fingerprint density at radius 3 is 2.63 bits per heavy atom. The predicted molar refractivity (Wildman–Crippen MR) is 171 cm³/mol. The van der Waals surface area contributed by atoms with E-state index in [2.05, 4.69) is 47.2 Å². The average molecular weight is 611 g/mol. The molecule has 1 unspecified atom stereocenters. The molecule has 2 N–H and O–H groups in total. The van der Waals surface area contributed by atoms with Gasteiger partial charge in [0.15, 0.2) is 0 Å². The summed E-state index contributed by atoms with van der Waals surface area (Å²) in [5.74, 6) is 0.700. The van der Waals surface area contributed by atoms with Crippen LogP contribution in [0.15, 0.2) is 24.5 Å². The highest BCUT2D eigenvalue weighted by molar-refractivity contribution is 6.76. The number of amides is 2. The van der Waals surface area contributed by atoms with Gasteiger partial charge in [0.05, 0.1) is 0 Å². The first-order chi connectivity index (χ1) is 20.6. The van der Waals surface area contributed by atoms with Gasteiger partial charge >= 0.3 is 0 Å². The van der Waals surface area contributed by atoms with Gasteiger partial charge in [-0.1, -0.05) is 39.4 Å². The SMILES string of the molecule is CCn1nccc1C(=O)NC(C(=O)Nc1cc2c(cn1)C1(CCOCC1)CN2COCC[Si](C)(C)C)[C@H]1CC[C@H](C)CC1. The number of carbonyl (C=O) groups excluding carboxylic acids is 2. The Labute approximate surface area is 257 Å². The van der Waals surface area contributed by atoms with Crippen LogP contribution in [0.25, 0.3) is 0 Å². The number of nitrogens with one attached hydrogen (secondary N) is 2. The highest BCUT2D eigenvalue weighted by Crippen LogP contribution is 2.47. The van der Waals surface area contributed by atoms with Gasteiger partial charge in [0.25, 0.3) is 5.91 Å². The fourth-order valence-electron chi connectivity index (χ4n) is 6.79. The number of hydrogen-bond acceptors (Lipinski definition) is 7. The summed E-state index contributed by atoms with van der Waals surface area (Å²) in [4.78, 5) is 34.3. The molecule has 236 valence electrons. The van der Waals surface area contributed by atoms with Crippen LogP contribution in [0.5, 0.6) is 0 Å². The third kappa shape index (κ3) is 7.49. The third-order valence-electron chi connectivity index (χ3n) is 9.58. The Bertz CT molecular complexity index is 1260. The van der Waals surface area contributed by atoms with Crippen molar-refractivity contribution < 1.29 is 19.1 Å². The molecular weight excluding hydrogens is 560 g/mol. The predicted octanol–water partition coefficient (Wildman–Crippen LogP) is 5.04. The van der Waals surface area contributed by atoms with Crippen molar-refractivity contribution in [3.63, 3.8) is 0 Å². The van der Waals surface area contributed by atoms with Crippen molar-refractivity contribution >= 4 is 31.4 Å². The highest BCUT2D eigenvalue weighted by atomic mass is 28.3. The summed E-state index contributed by atoms with van der Waals surface area (Å²) < 4.78 is 13.6. The molecular formula is C32H50N6O4Si. The van der Waals surface area contributed by atoms with Gasteiger partial charge in [-0.25, -0.2) is 4.98 Å². The zero-order valence-corrected chi connectivity index (χ0v) is 27.7. The van der Waals surface area contributed by atoms with Crippen LogP contribution in [-0.2, 0) is 26.2 Å². The summed E-state index contributed by atoms with van der Waals surface area (Å²) in [6.07, 6.45) is 9.35. The molecule has 1 atom stereocenters. The number of fused-ring (bicyclic) bond motifs is 2. The van der Waals surface area contributed by atoms with Gasteiger partial charge in [0, 0.05) is 76.1 Å². The van der Waals surface area contributed by atoms with Crippen LogP contribution in [0, 0.1) is 11.8 Å². The number of anilines is 2. The number of nitrogens with zero attached hydrogens (tertiary/aromatic N) is 4. The highest BCUT2D eigenvalue weighted by Gasteiger charge is 2.44. The lowest BCUT2D eigenvalue weighted by molar-refractivity contribution is -0.119. The van der Waals surface area contributed by atoms with Gasteiger partial charge < -0.3 is 25.0 Å². The van der Waals surface area contributed by atoms with E-state index in [-0.39, 0.29) is 23.1 Å². The second-order valence-corrected chi connectivity index (χ2v) is 19.6. The van der Waals surface area contributed by atoms with E-state index in [4.69, 9.17) is 14.5 Å². The van der Waals surface area contributed by atoms with Crippen LogP contribution >= 0.6 is 0 Å². The average Bonchev–Trinajstić information content (AvgIpc) is 3.57. The Morgan fingerprint density at radius 1 is 1.19 bits per heavy atom. The number of pyridine rings is 1. The van der Waals surface area contributed by atoms with E-state index >= 15 is 0 Å². The van der Waals surface area contributed by atoms with E-state index in [1.807, 2.05) is 19.2 Å². The molecule has 2 amide bonds. The summed E-state index contributed by atoms with van der Waals surface area (Å²) >= 11 is 0. The lowest BCUT2D eigenvalue weighted by Crippen LogP contribution is -2.49. The van der Waals surface area contributed by atoms with E-state index in [0.717, 1.165) is 76.6 Å². The Kier molecular flexibility index (Phi) is 9.92. The molecule has 1 saturated heterocycles. The van der Waals surface area contributed by atoms with E-state index in [1.54, 1.807) is 16.9 Å². The standard InChI is InChI=1S/C32H50N6O4Si/c1-6-38-26(11-14-34-38)30(39)36-29(24-9-7-23(2)8-10-24)31(40)35-28-19-27-25(20-33-28)32(12-15-41-16-13-32)21-37(27)22-42-17-18-43(3,4)5/h11,14,19-20,23-24,29H,6-10,12-13,15-18,21-22H2,1-5H3,(H,36,39)(H,33,35,40)/t23-,24-,29?. The van der Waals surface area contributed by atoms with Crippen molar-refractivity contribution in [2.45, 2.75) is 96.1 Å². The Morgan fingerprint density at radius 2 is 1.93 bits per heavy atom. The molecule has 43 heavy (non-hydrogen) atoms. The van der Waals surface area contributed by atoms with Crippen LogP contribution < -0.4 is 15.5 Å². The molecule has 2 aliphatic heterocycles. The minimum Gasteiger partial charge on any atom is -0.381 e. The topological polar surface area (TPSA) is 111 Å². The molecule has 0 aromatic carbocycles. The number of aryl methyl sites for hydroxylation is 1. The van der Waals surface area contributed by atoms with Gasteiger partial charge in [-0.05, 0) is 56.6 Å². The first-order valence-electron chi connectivity index (χ1n) is 16.1. The zero-order valence-electron chi connectivity index (χ0n) is 26.7. The van der Waals surface area contributed by atoms with Crippen LogP contribution in [0.3, 0.4) is 0 Å². The van der Waals surface area contributed by atoms with Gasteiger partial charge in [0.1, 0.15) is 24.3 Å². The van der Waals surface area contributed by atoms with Gasteiger partial charge in [-0.2, -0.15) is 5.10 Å². The van der Waals surface area contributed by atoms with E-state index < -0.39 is 14.1 Å². The quantitative estimate of drug-likeness (QED) is 0.271. The smallest absolute Gasteiger partial charge is 0.270 e. The molecule has 5 rings (SSSR count). The molecule has 1 saturated carbocycles. The first-order valence-corrected chi connectivity index (χ1v) is 19.8. The number of rotatable bonds is 11. The van der Waals surface area contributed by atoms with Crippen LogP contribution in [0.1, 0.15) is 68.4 Å². The van der Waals surface area contributed by atoms with Crippen molar-refractivity contribution in [2.24, 2.45) is 11.8 Å². The molecule has 2 aromatic heterocycles. The molecule has 0 bridgehead atoms. The van der Waals surface area contributed by atoms with Gasteiger partial charge in [0.2, 0.25) is 5.91 Å². The number of hydrogen-bond donors (Lipinski definition) is 2. The lowest BCUT2D eigenvalue weighted by atomic mass is 9.76. The summed E-state index contributed by atoms with van der Waals surface area (Å²) in [6.45, 7) is 15.5. The molecule has 1 spiro atoms. The molecule has 1 aliphatic carbocycles. The first kappa shape index (κ1) is 31.7. The Balaban J connectivity index is 1.35. The summed E-state index contributed by atoms with van der Waals surface area (Å²) in [6, 6.07) is 4.16. The summed E-state index contributed by atoms with van der Waals surface area (Å²) in [7, 11) is -1.19. The Hall–Kier alpha value is -2.76. The maximum atomic E-state index is 13.9. The zero-order chi connectivity index (χ0) is 30.6. The number of aromatic nitrogens is 3. The van der Waals surface area contributed by atoms with Crippen LogP contribution in [-0.4, -0.2) is 73.8 Å². The van der Waals surface area contributed by atoms with E-state index in [0.29, 0.717) is 30.7 Å². The number of carbonyl (C=O) groups is 2. The monoisotopic (exact) mass is 610 g/mol. The third-order valence-corrected chi connectivity index (χ3v) is 11.3. The second-order valence-electron chi connectivity index (χ2n) is 14.0. The van der Waals surface area contributed by atoms with Gasteiger partial charge in [-0.3, -0.25) is 14.3 Å². The molecule has 4 heterocycles. The molecule has 10 nitrogen and oxygen atoms in total. The minimum atomic E-state index is -1.19. The van der Waals surface area contributed by atoms with Crippen LogP contribution in [0.4, 0.5) is 11.5 Å².